The molecule has 2 spiro atoms. The van der Waals surface area contributed by atoms with Crippen molar-refractivity contribution in [3.8, 4) is 0 Å². The van der Waals surface area contributed by atoms with Crippen LogP contribution in [-0.2, 0) is 35.3 Å². The van der Waals surface area contributed by atoms with Crippen molar-refractivity contribution in [1.82, 2.24) is 31.5 Å². The largest absolute Gasteiger partial charge is 0.343 e. The Kier molecular flexibility index (Phi) is 7.78. The number of ketones is 2. The monoisotopic (exact) mass is 594 g/mol. The van der Waals surface area contributed by atoms with Gasteiger partial charge >= 0.3 is 6.03 Å². The third-order valence-electron chi connectivity index (χ3n) is 9.05. The molecule has 5 rings (SSSR count). The SMILES string of the molecule is CC(C)[C@@H]1NC(=O)[C@]2(C[C@@H](CNC(=O)N(Cc3ccccc3)C[C@@H]3C[C@@]4(NC3=O)C(=O)N[C@@H](C(C)C)C4=O)C(=O)N2)C1=O. The lowest BCUT2D eigenvalue weighted by molar-refractivity contribution is -0.134. The molecule has 13 heteroatoms. The standard InChI is InChI=1S/C30H38N6O7/c1-15(2)20-22(37)29(26(41)32-20)10-18(24(39)34-29)12-31-28(43)36(13-17-8-6-5-7-9-17)14-19-11-30(35-25(19)40)23(38)21(16(3)4)33-27(30)42/h5-9,15-16,18-21H,10-14H2,1-4H3,(H,31,43)(H,32,41)(H,33,42)(H,34,39)(H,35,40)/t18-,19-,20-,21-,29-,30-/m0/s1. The summed E-state index contributed by atoms with van der Waals surface area (Å²) < 4.78 is 0. The summed E-state index contributed by atoms with van der Waals surface area (Å²) in [4.78, 5) is 92.8. The zero-order valence-electron chi connectivity index (χ0n) is 24.7. The highest BCUT2D eigenvalue weighted by molar-refractivity contribution is 6.22. The third kappa shape index (κ3) is 5.14. The minimum Gasteiger partial charge on any atom is -0.343 e. The topological polar surface area (TPSA) is 183 Å². The predicted octanol–water partition coefficient (Wildman–Crippen LogP) is -0.605. The molecule has 1 aromatic rings. The van der Waals surface area contributed by atoms with Crippen LogP contribution >= 0.6 is 0 Å². The first-order valence-electron chi connectivity index (χ1n) is 14.7. The number of carbonyl (C=O) groups excluding carboxylic acids is 7. The van der Waals surface area contributed by atoms with Gasteiger partial charge in [0.05, 0.1) is 23.9 Å². The Balaban J connectivity index is 1.29. The predicted molar refractivity (Wildman–Crippen MR) is 152 cm³/mol. The Morgan fingerprint density at radius 1 is 0.814 bits per heavy atom. The van der Waals surface area contributed by atoms with Gasteiger partial charge in [-0.3, -0.25) is 28.8 Å². The highest BCUT2D eigenvalue weighted by Crippen LogP contribution is 2.35. The summed E-state index contributed by atoms with van der Waals surface area (Å²) >= 11 is 0. The van der Waals surface area contributed by atoms with Crippen molar-refractivity contribution in [1.29, 1.82) is 0 Å². The van der Waals surface area contributed by atoms with Gasteiger partial charge in [0.25, 0.3) is 11.8 Å². The molecule has 1 aromatic carbocycles. The van der Waals surface area contributed by atoms with Crippen LogP contribution in [0.4, 0.5) is 4.79 Å². The summed E-state index contributed by atoms with van der Waals surface area (Å²) in [7, 11) is 0. The van der Waals surface area contributed by atoms with E-state index in [1.165, 1.54) is 4.90 Å². The number of hydrogen-bond donors (Lipinski definition) is 5. The molecule has 4 aliphatic rings. The second-order valence-corrected chi connectivity index (χ2v) is 12.8. The number of hydrogen-bond acceptors (Lipinski definition) is 7. The molecule has 4 heterocycles. The first kappa shape index (κ1) is 30.2. The molecule has 6 amide bonds. The highest BCUT2D eigenvalue weighted by atomic mass is 16.2. The molecule has 43 heavy (non-hydrogen) atoms. The van der Waals surface area contributed by atoms with Crippen molar-refractivity contribution in [2.75, 3.05) is 13.1 Å². The number of carbonyl (C=O) groups is 7. The van der Waals surface area contributed by atoms with Crippen molar-refractivity contribution < 1.29 is 33.6 Å². The summed E-state index contributed by atoms with van der Waals surface area (Å²) in [6.07, 6.45) is -0.166. The minimum atomic E-state index is -1.66. The number of benzene rings is 1. The molecule has 0 radical (unpaired) electrons. The van der Waals surface area contributed by atoms with Crippen LogP contribution in [0.5, 0.6) is 0 Å². The number of nitrogens with one attached hydrogen (secondary N) is 5. The van der Waals surface area contributed by atoms with E-state index in [1.54, 1.807) is 0 Å². The molecule has 0 unspecified atom stereocenters. The number of amides is 6. The highest BCUT2D eigenvalue weighted by Gasteiger charge is 2.62. The van der Waals surface area contributed by atoms with Crippen LogP contribution < -0.4 is 26.6 Å². The van der Waals surface area contributed by atoms with Crippen LogP contribution in [0.2, 0.25) is 0 Å². The first-order valence-corrected chi connectivity index (χ1v) is 14.7. The maximum absolute atomic E-state index is 13.5. The van der Waals surface area contributed by atoms with Gasteiger partial charge in [-0.05, 0) is 17.4 Å². The molecule has 0 saturated carbocycles. The second-order valence-electron chi connectivity index (χ2n) is 12.8. The van der Waals surface area contributed by atoms with E-state index >= 15 is 0 Å². The Bertz CT molecular complexity index is 1380. The van der Waals surface area contributed by atoms with Crippen LogP contribution in [0, 0.1) is 23.7 Å². The summed E-state index contributed by atoms with van der Waals surface area (Å²) in [6, 6.07) is 7.11. The normalized spacial score (nSPS) is 31.7. The van der Waals surface area contributed by atoms with Gasteiger partial charge in [0, 0.05) is 32.5 Å². The molecule has 0 bridgehead atoms. The Labute approximate surface area is 249 Å². The van der Waals surface area contributed by atoms with Crippen molar-refractivity contribution in [2.45, 2.75) is 70.2 Å². The lowest BCUT2D eigenvalue weighted by atomic mass is 9.85. The van der Waals surface area contributed by atoms with E-state index in [9.17, 15) is 33.6 Å². The van der Waals surface area contributed by atoms with Gasteiger partial charge in [-0.15, -0.1) is 0 Å². The van der Waals surface area contributed by atoms with E-state index in [1.807, 2.05) is 58.0 Å². The van der Waals surface area contributed by atoms with Gasteiger partial charge in [-0.2, -0.15) is 0 Å². The maximum Gasteiger partial charge on any atom is 0.317 e. The molecule has 0 aromatic heterocycles. The average Bonchev–Trinajstić information content (AvgIpc) is 3.63. The summed E-state index contributed by atoms with van der Waals surface area (Å²) in [5.74, 6) is -4.82. The molecule has 4 saturated heterocycles. The Hall–Kier alpha value is -4.29. The van der Waals surface area contributed by atoms with E-state index in [4.69, 9.17) is 0 Å². The van der Waals surface area contributed by atoms with Crippen LogP contribution in [0.1, 0.15) is 46.1 Å². The molecular formula is C30H38N6O7. The molecule has 230 valence electrons. The zero-order chi connectivity index (χ0) is 31.3. The van der Waals surface area contributed by atoms with Crippen LogP contribution in [-0.4, -0.2) is 82.4 Å². The summed E-state index contributed by atoms with van der Waals surface area (Å²) in [6.45, 7) is 7.14. The van der Waals surface area contributed by atoms with Crippen molar-refractivity contribution in [3.63, 3.8) is 0 Å². The van der Waals surface area contributed by atoms with Gasteiger partial charge in [0.2, 0.25) is 11.8 Å². The Morgan fingerprint density at radius 2 is 1.30 bits per heavy atom. The molecular weight excluding hydrogens is 556 g/mol. The molecule has 4 fully saturated rings. The van der Waals surface area contributed by atoms with Crippen LogP contribution in [0.3, 0.4) is 0 Å². The molecule has 13 nitrogen and oxygen atoms in total. The van der Waals surface area contributed by atoms with E-state index in [-0.39, 0.29) is 55.9 Å². The van der Waals surface area contributed by atoms with Gasteiger partial charge in [0.1, 0.15) is 0 Å². The lowest BCUT2D eigenvalue weighted by Crippen LogP contribution is -2.52. The van der Waals surface area contributed by atoms with Gasteiger partial charge < -0.3 is 31.5 Å². The molecule has 4 aliphatic heterocycles. The average molecular weight is 595 g/mol. The van der Waals surface area contributed by atoms with E-state index in [2.05, 4.69) is 26.6 Å². The quantitative estimate of drug-likeness (QED) is 0.249. The van der Waals surface area contributed by atoms with Gasteiger partial charge in [-0.25, -0.2) is 4.79 Å². The number of nitrogens with zero attached hydrogens (tertiary/aromatic N) is 1. The van der Waals surface area contributed by atoms with Crippen LogP contribution in [0.15, 0.2) is 30.3 Å². The maximum atomic E-state index is 13.5. The number of Topliss-reactive ketones (excluding diaryl/α,β-unsaturated/α-hetero) is 2. The fourth-order valence-electron chi connectivity index (χ4n) is 6.55. The number of urea groups is 1. The van der Waals surface area contributed by atoms with Gasteiger partial charge in [0.15, 0.2) is 22.6 Å². The molecule has 0 aliphatic carbocycles. The molecule has 6 atom stereocenters. The van der Waals surface area contributed by atoms with Crippen molar-refractivity contribution >= 4 is 41.2 Å². The smallest absolute Gasteiger partial charge is 0.317 e. The Morgan fingerprint density at radius 3 is 1.79 bits per heavy atom. The minimum absolute atomic E-state index is 0.0829. The summed E-state index contributed by atoms with van der Waals surface area (Å²) in [5, 5.41) is 13.3. The van der Waals surface area contributed by atoms with Gasteiger partial charge in [-0.1, -0.05) is 58.0 Å². The fourth-order valence-corrected chi connectivity index (χ4v) is 6.55. The first-order chi connectivity index (χ1) is 20.3. The van der Waals surface area contributed by atoms with Crippen LogP contribution in [0.25, 0.3) is 0 Å². The fraction of sp³-hybridized carbons (Fsp3) is 0.567. The summed E-state index contributed by atoms with van der Waals surface area (Å²) in [5.41, 5.74) is -2.53. The van der Waals surface area contributed by atoms with Crippen molar-refractivity contribution in [3.05, 3.63) is 35.9 Å². The molecule has 5 N–H and O–H groups in total. The second kappa shape index (κ2) is 11.1. The van der Waals surface area contributed by atoms with E-state index in [0.29, 0.717) is 0 Å². The third-order valence-corrected chi connectivity index (χ3v) is 9.05. The zero-order valence-corrected chi connectivity index (χ0v) is 24.7. The van der Waals surface area contributed by atoms with Crippen molar-refractivity contribution in [2.24, 2.45) is 23.7 Å². The van der Waals surface area contributed by atoms with E-state index < -0.39 is 64.7 Å². The van der Waals surface area contributed by atoms with E-state index in [0.717, 1.165) is 5.56 Å². The number of rotatable bonds is 8. The lowest BCUT2D eigenvalue weighted by Gasteiger charge is -2.26.